The highest BCUT2D eigenvalue weighted by atomic mass is 32.1. The van der Waals surface area contributed by atoms with Crippen LogP contribution in [-0.4, -0.2) is 49.3 Å². The third kappa shape index (κ3) is 5.68. The number of aryl methyl sites for hydroxylation is 1. The van der Waals surface area contributed by atoms with Gasteiger partial charge in [0.15, 0.2) is 5.82 Å². The van der Waals surface area contributed by atoms with Gasteiger partial charge < -0.3 is 9.72 Å². The van der Waals surface area contributed by atoms with Gasteiger partial charge in [-0.3, -0.25) is 9.69 Å². The van der Waals surface area contributed by atoms with Gasteiger partial charge in [-0.1, -0.05) is 29.8 Å². The maximum Gasteiger partial charge on any atom is 0.253 e. The summed E-state index contributed by atoms with van der Waals surface area (Å²) in [4.78, 5) is 20.2. The number of H-pyrrole nitrogens is 1. The van der Waals surface area contributed by atoms with Gasteiger partial charge >= 0.3 is 0 Å². The molecule has 1 fully saturated rings. The maximum atomic E-state index is 13.7. The lowest BCUT2D eigenvalue weighted by Gasteiger charge is -2.32. The van der Waals surface area contributed by atoms with Crippen LogP contribution in [0.2, 0.25) is 0 Å². The van der Waals surface area contributed by atoms with E-state index in [9.17, 15) is 9.18 Å². The summed E-state index contributed by atoms with van der Waals surface area (Å²) in [6.45, 7) is 4.34. The number of hydrogen-bond donors (Lipinski definition) is 1. The number of hydrogen-bond acceptors (Lipinski definition) is 7. The molecule has 200 valence electrons. The van der Waals surface area contributed by atoms with E-state index in [1.54, 1.807) is 28.2 Å². The predicted molar refractivity (Wildman–Crippen MR) is 148 cm³/mol. The number of aromatic nitrogens is 5. The fraction of sp³-hybridized carbons (Fsp3) is 0.310. The molecule has 4 heterocycles. The molecule has 1 N–H and O–H groups in total. The number of rotatable bonds is 9. The molecule has 2 atom stereocenters. The Kier molecular flexibility index (Phi) is 7.32. The van der Waals surface area contributed by atoms with Crippen LogP contribution in [0, 0.1) is 12.7 Å². The second kappa shape index (κ2) is 11.2. The van der Waals surface area contributed by atoms with Gasteiger partial charge in [-0.25, -0.2) is 9.07 Å². The summed E-state index contributed by atoms with van der Waals surface area (Å²) in [7, 11) is 0. The van der Waals surface area contributed by atoms with Gasteiger partial charge in [-0.2, -0.15) is 0 Å². The number of tetrazole rings is 1. The Balaban J connectivity index is 1.49. The molecule has 5 aromatic rings. The summed E-state index contributed by atoms with van der Waals surface area (Å²) in [5.74, 6) is 0.247. The first-order valence-electron chi connectivity index (χ1n) is 13.1. The molecule has 0 bridgehead atoms. The topological polar surface area (TPSA) is 88.9 Å². The van der Waals surface area contributed by atoms with Crippen molar-refractivity contribution in [2.45, 2.75) is 45.0 Å². The molecule has 0 spiro atoms. The van der Waals surface area contributed by atoms with Crippen molar-refractivity contribution in [1.29, 1.82) is 0 Å². The van der Waals surface area contributed by atoms with Crippen molar-refractivity contribution in [1.82, 2.24) is 30.1 Å². The summed E-state index contributed by atoms with van der Waals surface area (Å²) < 4.78 is 21.3. The number of halogens is 1. The SMILES string of the molecule is Cc1ccc2[nH]c(=O)c(C(c3nnnn3Cc3ccc(F)cc3)N(Cc3cccs3)CC3CCCO3)cc2c1. The molecule has 1 saturated heterocycles. The van der Waals surface area contributed by atoms with E-state index < -0.39 is 6.04 Å². The Morgan fingerprint density at radius 1 is 1.21 bits per heavy atom. The minimum absolute atomic E-state index is 0.0515. The molecule has 0 amide bonds. The fourth-order valence-corrected chi connectivity index (χ4v) is 5.97. The third-order valence-electron chi connectivity index (χ3n) is 7.14. The van der Waals surface area contributed by atoms with Crippen LogP contribution in [0.5, 0.6) is 0 Å². The number of benzene rings is 2. The summed E-state index contributed by atoms with van der Waals surface area (Å²) in [6.07, 6.45) is 2.03. The number of fused-ring (bicyclic) bond motifs is 1. The molecule has 0 saturated carbocycles. The van der Waals surface area contributed by atoms with Crippen molar-refractivity contribution in [3.63, 3.8) is 0 Å². The third-order valence-corrected chi connectivity index (χ3v) is 8.00. The smallest absolute Gasteiger partial charge is 0.253 e. The van der Waals surface area contributed by atoms with Crippen LogP contribution in [-0.2, 0) is 17.8 Å². The molecular weight excluding hydrogens is 515 g/mol. The molecule has 2 aromatic carbocycles. The van der Waals surface area contributed by atoms with E-state index in [-0.39, 0.29) is 17.5 Å². The Morgan fingerprint density at radius 2 is 2.08 bits per heavy atom. The monoisotopic (exact) mass is 544 g/mol. The van der Waals surface area contributed by atoms with E-state index in [2.05, 4.69) is 42.9 Å². The minimum atomic E-state index is -0.541. The molecule has 8 nitrogen and oxygen atoms in total. The first-order chi connectivity index (χ1) is 19.0. The van der Waals surface area contributed by atoms with Crippen LogP contribution in [0.4, 0.5) is 4.39 Å². The first-order valence-corrected chi connectivity index (χ1v) is 13.9. The van der Waals surface area contributed by atoms with Gasteiger partial charge in [0.1, 0.15) is 11.9 Å². The quantitative estimate of drug-likeness (QED) is 0.286. The zero-order chi connectivity index (χ0) is 26.8. The van der Waals surface area contributed by atoms with Crippen LogP contribution < -0.4 is 5.56 Å². The Hall–Kier alpha value is -3.73. The van der Waals surface area contributed by atoms with Crippen molar-refractivity contribution in [3.05, 3.63) is 110 Å². The number of nitrogens with one attached hydrogen (secondary N) is 1. The van der Waals surface area contributed by atoms with Crippen molar-refractivity contribution in [2.24, 2.45) is 0 Å². The second-order valence-corrected chi connectivity index (χ2v) is 11.0. The molecular formula is C29H29FN6O2S. The molecule has 0 radical (unpaired) electrons. The second-order valence-electron chi connectivity index (χ2n) is 10.0. The number of pyridine rings is 1. The summed E-state index contributed by atoms with van der Waals surface area (Å²) in [6, 6.07) is 17.8. The highest BCUT2D eigenvalue weighted by Crippen LogP contribution is 2.31. The zero-order valence-corrected chi connectivity index (χ0v) is 22.4. The normalized spacial score (nSPS) is 16.3. The van der Waals surface area contributed by atoms with E-state index in [1.807, 2.05) is 31.2 Å². The number of ether oxygens (including phenoxy) is 1. The lowest BCUT2D eigenvalue weighted by Crippen LogP contribution is -2.39. The molecule has 2 unspecified atom stereocenters. The van der Waals surface area contributed by atoms with Crippen molar-refractivity contribution in [2.75, 3.05) is 13.2 Å². The fourth-order valence-electron chi connectivity index (χ4n) is 5.24. The lowest BCUT2D eigenvalue weighted by atomic mass is 10.0. The largest absolute Gasteiger partial charge is 0.377 e. The van der Waals surface area contributed by atoms with E-state index >= 15 is 0 Å². The van der Waals surface area contributed by atoms with Crippen LogP contribution in [0.25, 0.3) is 10.9 Å². The highest BCUT2D eigenvalue weighted by Gasteiger charge is 2.33. The molecule has 0 aliphatic carbocycles. The van der Waals surface area contributed by atoms with Gasteiger partial charge in [0.2, 0.25) is 0 Å². The summed E-state index contributed by atoms with van der Waals surface area (Å²) >= 11 is 1.67. The molecule has 1 aliphatic rings. The molecule has 10 heteroatoms. The van der Waals surface area contributed by atoms with Gasteiger partial charge in [0, 0.05) is 35.7 Å². The van der Waals surface area contributed by atoms with Crippen molar-refractivity contribution >= 4 is 22.2 Å². The van der Waals surface area contributed by atoms with E-state index in [0.29, 0.717) is 31.0 Å². The number of nitrogens with zero attached hydrogens (tertiary/aromatic N) is 5. The number of thiophene rings is 1. The standard InChI is InChI=1S/C29H29FN6O2S/c1-19-6-11-26-21(14-19)15-25(29(37)31-26)27(28-32-33-34-36(28)16-20-7-9-22(30)10-8-20)35(17-23-4-2-12-38-23)18-24-5-3-13-39-24/h3,5-11,13-15,23,27H,2,4,12,16-18H2,1H3,(H,31,37). The Labute approximate surface area is 229 Å². The lowest BCUT2D eigenvalue weighted by molar-refractivity contribution is 0.0578. The van der Waals surface area contributed by atoms with Crippen LogP contribution in [0.3, 0.4) is 0 Å². The molecule has 3 aromatic heterocycles. The summed E-state index contributed by atoms with van der Waals surface area (Å²) in [5.41, 5.74) is 3.13. The van der Waals surface area contributed by atoms with Crippen LogP contribution >= 0.6 is 11.3 Å². The molecule has 39 heavy (non-hydrogen) atoms. The predicted octanol–water partition coefficient (Wildman–Crippen LogP) is 4.84. The van der Waals surface area contributed by atoms with Crippen LogP contribution in [0.15, 0.2) is 70.8 Å². The molecule has 1 aliphatic heterocycles. The van der Waals surface area contributed by atoms with Gasteiger partial charge in [0.25, 0.3) is 5.56 Å². The highest BCUT2D eigenvalue weighted by molar-refractivity contribution is 7.09. The maximum absolute atomic E-state index is 13.7. The number of aromatic amines is 1. The van der Waals surface area contributed by atoms with Gasteiger partial charge in [-0.05, 0) is 82.9 Å². The average Bonchev–Trinajstić information content (AvgIpc) is 3.71. The van der Waals surface area contributed by atoms with E-state index in [0.717, 1.165) is 41.5 Å². The van der Waals surface area contributed by atoms with Crippen molar-refractivity contribution < 1.29 is 9.13 Å². The van der Waals surface area contributed by atoms with Gasteiger partial charge in [0.05, 0.1) is 12.6 Å². The van der Waals surface area contributed by atoms with E-state index in [4.69, 9.17) is 4.74 Å². The first kappa shape index (κ1) is 25.5. The Bertz CT molecular complexity index is 1610. The van der Waals surface area contributed by atoms with Crippen molar-refractivity contribution in [3.8, 4) is 0 Å². The Morgan fingerprint density at radius 3 is 2.85 bits per heavy atom. The average molecular weight is 545 g/mol. The minimum Gasteiger partial charge on any atom is -0.377 e. The van der Waals surface area contributed by atoms with E-state index in [1.165, 1.54) is 17.0 Å². The van der Waals surface area contributed by atoms with Gasteiger partial charge in [-0.15, -0.1) is 16.4 Å². The molecule has 6 rings (SSSR count). The zero-order valence-electron chi connectivity index (χ0n) is 21.6. The summed E-state index contributed by atoms with van der Waals surface area (Å²) in [5, 5.41) is 15.8. The van der Waals surface area contributed by atoms with Crippen LogP contribution in [0.1, 0.15) is 46.3 Å².